The zero-order valence-electron chi connectivity index (χ0n) is 9.43. The zero-order valence-corrected chi connectivity index (χ0v) is 9.43. The number of fused-ring (bicyclic) bond motifs is 1. The first-order valence-electron chi connectivity index (χ1n) is 5.76. The summed E-state index contributed by atoms with van der Waals surface area (Å²) in [6, 6.07) is 8.77. The number of piperazine rings is 1. The minimum Gasteiger partial charge on any atom is -0.313 e. The molecule has 1 saturated heterocycles. The molecule has 4 heteroatoms. The number of nitrogens with one attached hydrogen (secondary N) is 1. The highest BCUT2D eigenvalue weighted by Crippen LogP contribution is 2.14. The molecule has 1 aliphatic rings. The van der Waals surface area contributed by atoms with Crippen molar-refractivity contribution in [1.29, 1.82) is 0 Å². The van der Waals surface area contributed by atoms with Gasteiger partial charge in [-0.1, -0.05) is 12.1 Å². The summed E-state index contributed by atoms with van der Waals surface area (Å²) in [4.78, 5) is 4.43. The first kappa shape index (κ1) is 9.66. The molecule has 0 spiro atoms. The van der Waals surface area contributed by atoms with Gasteiger partial charge in [-0.3, -0.25) is 0 Å². The monoisotopic (exact) mass is 216 g/mol. The van der Waals surface area contributed by atoms with Gasteiger partial charge in [0, 0.05) is 19.6 Å². The lowest BCUT2D eigenvalue weighted by Gasteiger charge is -2.36. The molecule has 1 unspecified atom stereocenters. The number of para-hydroxylation sites is 2. The summed E-state index contributed by atoms with van der Waals surface area (Å²) < 4.78 is 2.18. The summed E-state index contributed by atoms with van der Waals surface area (Å²) in [6.07, 6.45) is 1.92. The number of hydrogen-bond donors (Lipinski definition) is 1. The Morgan fingerprint density at radius 3 is 3.12 bits per heavy atom. The first-order chi connectivity index (χ1) is 7.86. The van der Waals surface area contributed by atoms with E-state index in [0.29, 0.717) is 6.04 Å². The molecule has 0 saturated carbocycles. The Morgan fingerprint density at radius 1 is 1.38 bits per heavy atom. The molecule has 2 heterocycles. The van der Waals surface area contributed by atoms with Crippen LogP contribution in [0.1, 0.15) is 6.92 Å². The zero-order chi connectivity index (χ0) is 11.0. The van der Waals surface area contributed by atoms with E-state index in [1.165, 1.54) is 5.52 Å². The number of aromatic nitrogens is 2. The van der Waals surface area contributed by atoms with Crippen LogP contribution in [0, 0.1) is 0 Å². The highest BCUT2D eigenvalue weighted by atomic mass is 15.6. The summed E-state index contributed by atoms with van der Waals surface area (Å²) in [6.45, 7) is 5.34. The predicted molar refractivity (Wildman–Crippen MR) is 65.1 cm³/mol. The third kappa shape index (κ3) is 1.46. The van der Waals surface area contributed by atoms with Crippen molar-refractivity contribution in [2.75, 3.05) is 24.6 Å². The molecule has 2 aromatic rings. The standard InChI is InChI=1S/C12H16N4/c1-10-8-13-6-7-15(10)16-9-14-11-4-2-3-5-12(11)16/h2-5,9-10,13H,6-8H2,1H3. The molecule has 0 bridgehead atoms. The predicted octanol–water partition coefficient (Wildman–Crippen LogP) is 0.966. The summed E-state index contributed by atoms with van der Waals surface area (Å²) in [5, 5.41) is 5.77. The average molecular weight is 216 g/mol. The van der Waals surface area contributed by atoms with Crippen LogP contribution in [0.4, 0.5) is 0 Å². The SMILES string of the molecule is CC1CNCCN1n1cnc2ccccc21. The van der Waals surface area contributed by atoms with E-state index in [9.17, 15) is 0 Å². The molecule has 4 nitrogen and oxygen atoms in total. The van der Waals surface area contributed by atoms with E-state index in [4.69, 9.17) is 0 Å². The summed E-state index contributed by atoms with van der Waals surface area (Å²) in [7, 11) is 0. The van der Waals surface area contributed by atoms with Gasteiger partial charge in [0.05, 0.1) is 17.1 Å². The van der Waals surface area contributed by atoms with Gasteiger partial charge in [0.25, 0.3) is 0 Å². The van der Waals surface area contributed by atoms with Crippen LogP contribution in [0.3, 0.4) is 0 Å². The molecule has 16 heavy (non-hydrogen) atoms. The molecule has 1 aromatic carbocycles. The van der Waals surface area contributed by atoms with Gasteiger partial charge in [-0.05, 0) is 19.1 Å². The van der Waals surface area contributed by atoms with Crippen molar-refractivity contribution < 1.29 is 0 Å². The molecule has 3 rings (SSSR count). The minimum absolute atomic E-state index is 0.506. The quantitative estimate of drug-likeness (QED) is 0.771. The normalized spacial score (nSPS) is 21.6. The van der Waals surface area contributed by atoms with Gasteiger partial charge < -0.3 is 10.3 Å². The Bertz CT molecular complexity index is 490. The maximum absolute atomic E-state index is 4.43. The molecule has 1 aromatic heterocycles. The Balaban J connectivity index is 2.04. The average Bonchev–Trinajstić information content (AvgIpc) is 2.74. The van der Waals surface area contributed by atoms with E-state index in [1.54, 1.807) is 0 Å². The van der Waals surface area contributed by atoms with Gasteiger partial charge in [-0.15, -0.1) is 0 Å². The number of rotatable bonds is 1. The van der Waals surface area contributed by atoms with Crippen LogP contribution in [0.5, 0.6) is 0 Å². The van der Waals surface area contributed by atoms with Crippen LogP contribution in [0.2, 0.25) is 0 Å². The lowest BCUT2D eigenvalue weighted by molar-refractivity contribution is 0.420. The topological polar surface area (TPSA) is 33.1 Å². The Kier molecular flexibility index (Phi) is 2.29. The van der Waals surface area contributed by atoms with Gasteiger partial charge >= 0.3 is 0 Å². The minimum atomic E-state index is 0.506. The fourth-order valence-corrected chi connectivity index (χ4v) is 2.30. The highest BCUT2D eigenvalue weighted by Gasteiger charge is 2.19. The molecule has 84 valence electrons. The van der Waals surface area contributed by atoms with Crippen molar-refractivity contribution in [1.82, 2.24) is 15.0 Å². The summed E-state index contributed by atoms with van der Waals surface area (Å²) >= 11 is 0. The number of imidazole rings is 1. The number of nitrogens with zero attached hydrogens (tertiary/aromatic N) is 3. The smallest absolute Gasteiger partial charge is 0.116 e. The Hall–Kier alpha value is -1.55. The van der Waals surface area contributed by atoms with Crippen LogP contribution < -0.4 is 10.3 Å². The van der Waals surface area contributed by atoms with E-state index in [1.807, 2.05) is 12.4 Å². The first-order valence-corrected chi connectivity index (χ1v) is 5.76. The molecular weight excluding hydrogens is 200 g/mol. The third-order valence-electron chi connectivity index (χ3n) is 3.18. The van der Waals surface area contributed by atoms with Gasteiger partial charge in [0.15, 0.2) is 0 Å². The second kappa shape index (κ2) is 3.79. The lowest BCUT2D eigenvalue weighted by Crippen LogP contribution is -2.54. The molecule has 1 N–H and O–H groups in total. The molecule has 0 aliphatic carbocycles. The van der Waals surface area contributed by atoms with Gasteiger partial charge in [-0.25, -0.2) is 9.66 Å². The van der Waals surface area contributed by atoms with Gasteiger partial charge in [0.2, 0.25) is 0 Å². The maximum Gasteiger partial charge on any atom is 0.116 e. The van der Waals surface area contributed by atoms with Crippen molar-refractivity contribution in [3.63, 3.8) is 0 Å². The number of hydrogen-bond acceptors (Lipinski definition) is 3. The Labute approximate surface area is 94.9 Å². The largest absolute Gasteiger partial charge is 0.313 e. The van der Waals surface area contributed by atoms with Gasteiger partial charge in [0.1, 0.15) is 6.33 Å². The Morgan fingerprint density at radius 2 is 2.25 bits per heavy atom. The second-order valence-electron chi connectivity index (χ2n) is 4.29. The third-order valence-corrected chi connectivity index (χ3v) is 3.18. The molecule has 0 amide bonds. The van der Waals surface area contributed by atoms with E-state index >= 15 is 0 Å². The van der Waals surface area contributed by atoms with E-state index < -0.39 is 0 Å². The van der Waals surface area contributed by atoms with Crippen LogP contribution in [-0.4, -0.2) is 35.3 Å². The van der Waals surface area contributed by atoms with Crippen molar-refractivity contribution in [3.8, 4) is 0 Å². The van der Waals surface area contributed by atoms with Crippen LogP contribution in [0.15, 0.2) is 30.6 Å². The fourth-order valence-electron chi connectivity index (χ4n) is 2.30. The van der Waals surface area contributed by atoms with E-state index in [0.717, 1.165) is 25.2 Å². The molecule has 0 radical (unpaired) electrons. The second-order valence-corrected chi connectivity index (χ2v) is 4.29. The van der Waals surface area contributed by atoms with Crippen molar-refractivity contribution >= 4 is 11.0 Å². The van der Waals surface area contributed by atoms with Crippen LogP contribution >= 0.6 is 0 Å². The molecule has 1 aliphatic heterocycles. The van der Waals surface area contributed by atoms with Crippen molar-refractivity contribution in [3.05, 3.63) is 30.6 Å². The van der Waals surface area contributed by atoms with Crippen molar-refractivity contribution in [2.24, 2.45) is 0 Å². The number of benzene rings is 1. The van der Waals surface area contributed by atoms with E-state index in [-0.39, 0.29) is 0 Å². The summed E-state index contributed by atoms with van der Waals surface area (Å²) in [5.74, 6) is 0. The lowest BCUT2D eigenvalue weighted by atomic mass is 10.2. The van der Waals surface area contributed by atoms with E-state index in [2.05, 4.69) is 45.1 Å². The highest BCUT2D eigenvalue weighted by molar-refractivity contribution is 5.75. The summed E-state index contributed by atoms with van der Waals surface area (Å²) in [5.41, 5.74) is 2.25. The van der Waals surface area contributed by atoms with Gasteiger partial charge in [-0.2, -0.15) is 0 Å². The molecular formula is C12H16N4. The maximum atomic E-state index is 4.43. The van der Waals surface area contributed by atoms with Crippen LogP contribution in [-0.2, 0) is 0 Å². The van der Waals surface area contributed by atoms with Crippen molar-refractivity contribution in [2.45, 2.75) is 13.0 Å². The fraction of sp³-hybridized carbons (Fsp3) is 0.417. The van der Waals surface area contributed by atoms with Crippen LogP contribution in [0.25, 0.3) is 11.0 Å². The molecule has 1 atom stereocenters. The molecule has 1 fully saturated rings.